The third kappa shape index (κ3) is 1.59. The number of carbonyl (C=O) groups is 2. The van der Waals surface area contributed by atoms with E-state index in [0.29, 0.717) is 0 Å². The van der Waals surface area contributed by atoms with E-state index in [-0.39, 0.29) is 18.4 Å². The summed E-state index contributed by atoms with van der Waals surface area (Å²) in [4.78, 5) is 24.8. The van der Waals surface area contributed by atoms with Crippen molar-refractivity contribution < 1.29 is 28.2 Å². The van der Waals surface area contributed by atoms with Crippen molar-refractivity contribution in [2.45, 2.75) is 19.0 Å². The number of halogens is 2. The minimum Gasteiger partial charge on any atom is -0.490 e. The molecule has 3 aliphatic rings. The second-order valence-corrected chi connectivity index (χ2v) is 4.98. The van der Waals surface area contributed by atoms with Gasteiger partial charge in [0.25, 0.3) is 0 Å². The van der Waals surface area contributed by atoms with Crippen LogP contribution in [0.4, 0.5) is 8.78 Å². The van der Waals surface area contributed by atoms with Crippen LogP contribution >= 0.6 is 0 Å². The van der Waals surface area contributed by atoms with Crippen LogP contribution in [0.25, 0.3) is 0 Å². The lowest BCUT2D eigenvalue weighted by Crippen LogP contribution is -2.56. The molecule has 0 unspecified atom stereocenters. The number of carboxylic acids is 1. The second kappa shape index (κ2) is 4.16. The van der Waals surface area contributed by atoms with E-state index in [1.165, 1.54) is 6.20 Å². The van der Waals surface area contributed by atoms with Gasteiger partial charge < -0.3 is 14.7 Å². The summed E-state index contributed by atoms with van der Waals surface area (Å²) < 4.78 is 32.5. The van der Waals surface area contributed by atoms with Gasteiger partial charge in [0.1, 0.15) is 18.2 Å². The molecule has 0 bridgehead atoms. The van der Waals surface area contributed by atoms with E-state index in [1.807, 2.05) is 0 Å². The second-order valence-electron chi connectivity index (χ2n) is 4.98. The summed E-state index contributed by atoms with van der Waals surface area (Å²) in [5.41, 5.74) is -0.425. The van der Waals surface area contributed by atoms with Crippen LogP contribution in [0.15, 0.2) is 35.3 Å². The van der Waals surface area contributed by atoms with Crippen LogP contribution in [-0.4, -0.2) is 40.4 Å². The number of allylic oxidation sites excluding steroid dienone is 2. The van der Waals surface area contributed by atoms with Crippen LogP contribution in [0.1, 0.15) is 6.92 Å². The lowest BCUT2D eigenvalue weighted by molar-refractivity contribution is -0.137. The summed E-state index contributed by atoms with van der Waals surface area (Å²) in [6, 6.07) is -1.05. The molecule has 5 nitrogen and oxygen atoms in total. The van der Waals surface area contributed by atoms with Crippen molar-refractivity contribution in [1.29, 1.82) is 0 Å². The van der Waals surface area contributed by atoms with E-state index < -0.39 is 40.9 Å². The van der Waals surface area contributed by atoms with E-state index in [0.717, 1.165) is 6.08 Å². The molecule has 0 amide bonds. The minimum atomic E-state index is -1.38. The molecule has 7 heteroatoms. The molecule has 0 aromatic heterocycles. The van der Waals surface area contributed by atoms with Gasteiger partial charge in [-0.25, -0.2) is 9.18 Å². The molecule has 0 spiro atoms. The topological polar surface area (TPSA) is 66.8 Å². The largest absolute Gasteiger partial charge is 0.490 e. The Kier molecular flexibility index (Phi) is 2.67. The molecular weight excluding hydrogens is 272 g/mol. The normalized spacial score (nSPS) is 32.2. The third-order valence-electron chi connectivity index (χ3n) is 3.75. The highest BCUT2D eigenvalue weighted by molar-refractivity contribution is 6.18. The molecule has 106 valence electrons. The van der Waals surface area contributed by atoms with Crippen LogP contribution < -0.4 is 0 Å². The highest BCUT2D eigenvalue weighted by Gasteiger charge is 2.49. The van der Waals surface area contributed by atoms with Crippen molar-refractivity contribution in [2.24, 2.45) is 5.92 Å². The van der Waals surface area contributed by atoms with E-state index in [9.17, 15) is 18.4 Å². The number of rotatable bonds is 1. The Labute approximate surface area is 112 Å². The fraction of sp³-hybridized carbons (Fsp3) is 0.385. The van der Waals surface area contributed by atoms with Gasteiger partial charge in [0, 0.05) is 6.20 Å². The van der Waals surface area contributed by atoms with Crippen molar-refractivity contribution in [1.82, 2.24) is 4.90 Å². The average molecular weight is 283 g/mol. The molecule has 0 radical (unpaired) electrons. The Morgan fingerprint density at radius 1 is 1.50 bits per heavy atom. The van der Waals surface area contributed by atoms with E-state index >= 15 is 0 Å². The summed E-state index contributed by atoms with van der Waals surface area (Å²) in [5, 5.41) is 9.05. The van der Waals surface area contributed by atoms with Crippen LogP contribution in [0.3, 0.4) is 0 Å². The fourth-order valence-electron chi connectivity index (χ4n) is 2.75. The number of carboxylic acid groups (broad SMARTS) is 1. The van der Waals surface area contributed by atoms with Crippen LogP contribution in [0, 0.1) is 5.92 Å². The Morgan fingerprint density at radius 3 is 2.85 bits per heavy atom. The SMILES string of the molecule is C[C@@H]1COC2=C(F)C(F)=C[C@H]3C(=O)C(C(=O)O)=CN1[C@@H]23. The quantitative estimate of drug-likeness (QED) is 0.735. The molecule has 20 heavy (non-hydrogen) atoms. The zero-order chi connectivity index (χ0) is 14.6. The van der Waals surface area contributed by atoms with Crippen molar-refractivity contribution in [2.75, 3.05) is 6.61 Å². The van der Waals surface area contributed by atoms with Gasteiger partial charge >= 0.3 is 5.97 Å². The molecule has 3 rings (SSSR count). The minimum absolute atomic E-state index is 0.0941. The zero-order valence-corrected chi connectivity index (χ0v) is 10.5. The lowest BCUT2D eigenvalue weighted by Gasteiger charge is -2.47. The first-order valence-corrected chi connectivity index (χ1v) is 6.08. The first-order valence-electron chi connectivity index (χ1n) is 6.08. The van der Waals surface area contributed by atoms with Gasteiger partial charge in [0.05, 0.1) is 12.0 Å². The Hall–Kier alpha value is -2.18. The monoisotopic (exact) mass is 283 g/mol. The van der Waals surface area contributed by atoms with E-state index in [4.69, 9.17) is 9.84 Å². The van der Waals surface area contributed by atoms with Gasteiger partial charge in [-0.3, -0.25) is 4.79 Å². The highest BCUT2D eigenvalue weighted by Crippen LogP contribution is 2.41. The Balaban J connectivity index is 2.17. The molecule has 0 aromatic rings. The molecule has 2 aliphatic heterocycles. The maximum atomic E-state index is 13.8. The van der Waals surface area contributed by atoms with E-state index in [1.54, 1.807) is 11.8 Å². The van der Waals surface area contributed by atoms with Gasteiger partial charge in [-0.2, -0.15) is 4.39 Å². The molecule has 1 fully saturated rings. The number of morpholine rings is 1. The van der Waals surface area contributed by atoms with Gasteiger partial charge in [0.15, 0.2) is 23.2 Å². The number of ketones is 1. The number of hydrogen-bond donors (Lipinski definition) is 1. The summed E-state index contributed by atoms with van der Waals surface area (Å²) in [6.45, 7) is 1.85. The molecule has 1 aliphatic carbocycles. The highest BCUT2D eigenvalue weighted by atomic mass is 19.2. The predicted molar refractivity (Wildman–Crippen MR) is 62.6 cm³/mol. The number of aliphatic carboxylic acids is 1. The molecule has 1 N–H and O–H groups in total. The molecule has 2 heterocycles. The summed E-state index contributed by atoms with van der Waals surface area (Å²) in [6.07, 6.45) is 2.03. The number of hydrogen-bond acceptors (Lipinski definition) is 4. The van der Waals surface area contributed by atoms with Crippen molar-refractivity contribution >= 4 is 11.8 Å². The first kappa shape index (κ1) is 12.8. The number of carbonyl (C=O) groups excluding carboxylic acids is 1. The summed E-state index contributed by atoms with van der Waals surface area (Å²) >= 11 is 0. The van der Waals surface area contributed by atoms with Crippen LogP contribution in [-0.2, 0) is 14.3 Å². The third-order valence-corrected chi connectivity index (χ3v) is 3.75. The Morgan fingerprint density at radius 2 is 2.20 bits per heavy atom. The van der Waals surface area contributed by atoms with Gasteiger partial charge in [-0.05, 0) is 13.0 Å². The van der Waals surface area contributed by atoms with E-state index in [2.05, 4.69) is 0 Å². The fourth-order valence-corrected chi connectivity index (χ4v) is 2.75. The summed E-state index contributed by atoms with van der Waals surface area (Å²) in [7, 11) is 0. The molecule has 0 saturated carbocycles. The maximum absolute atomic E-state index is 13.8. The Bertz CT molecular complexity index is 607. The maximum Gasteiger partial charge on any atom is 0.340 e. The zero-order valence-electron chi connectivity index (χ0n) is 10.5. The molecular formula is C13H11F2NO4. The number of Topliss-reactive ketones (excluding diaryl/α,β-unsaturated/α-hetero) is 1. The lowest BCUT2D eigenvalue weighted by atomic mass is 9.81. The molecule has 3 atom stereocenters. The smallest absolute Gasteiger partial charge is 0.340 e. The summed E-state index contributed by atoms with van der Waals surface area (Å²) in [5.74, 6) is -5.74. The number of ether oxygens (including phenoxy) is 1. The standard InChI is InChI=1S/C13H11F2NO4/c1-5-4-20-12-9(15)8(14)2-6-10(12)16(5)3-7(11(6)17)13(18)19/h2-3,5-6,10H,4H2,1H3,(H,18,19)/t5-,6-,10-/m1/s1. The predicted octanol–water partition coefficient (Wildman–Crippen LogP) is 1.29. The first-order chi connectivity index (χ1) is 9.41. The van der Waals surface area contributed by atoms with Crippen molar-refractivity contribution in [3.05, 3.63) is 35.3 Å². The average Bonchev–Trinajstić information content (AvgIpc) is 2.39. The van der Waals surface area contributed by atoms with Crippen molar-refractivity contribution in [3.63, 3.8) is 0 Å². The van der Waals surface area contributed by atoms with Crippen molar-refractivity contribution in [3.8, 4) is 0 Å². The van der Waals surface area contributed by atoms with Crippen LogP contribution in [0.2, 0.25) is 0 Å². The van der Waals surface area contributed by atoms with Gasteiger partial charge in [-0.15, -0.1) is 0 Å². The molecule has 0 aromatic carbocycles. The molecule has 1 saturated heterocycles. The van der Waals surface area contributed by atoms with Crippen LogP contribution in [0.5, 0.6) is 0 Å². The van der Waals surface area contributed by atoms with Gasteiger partial charge in [0.2, 0.25) is 0 Å². The van der Waals surface area contributed by atoms with Gasteiger partial charge in [-0.1, -0.05) is 0 Å². The number of nitrogens with zero attached hydrogens (tertiary/aromatic N) is 1.